The van der Waals surface area contributed by atoms with E-state index in [1.165, 1.54) is 29.9 Å². The van der Waals surface area contributed by atoms with Gasteiger partial charge in [0.15, 0.2) is 5.76 Å². The molecule has 0 aliphatic heterocycles. The fourth-order valence-electron chi connectivity index (χ4n) is 2.23. The highest BCUT2D eigenvalue weighted by atomic mass is 32.1. The molecule has 25 heavy (non-hydrogen) atoms. The maximum Gasteiger partial charge on any atom is 0.277 e. The molecule has 0 aliphatic carbocycles. The van der Waals surface area contributed by atoms with Crippen molar-refractivity contribution in [3.05, 3.63) is 59.8 Å². The van der Waals surface area contributed by atoms with E-state index in [1.54, 1.807) is 23.1 Å². The summed E-state index contributed by atoms with van der Waals surface area (Å²) < 4.78 is 6.94. The van der Waals surface area contributed by atoms with Crippen LogP contribution in [-0.2, 0) is 0 Å². The number of furan rings is 1. The van der Waals surface area contributed by atoms with Gasteiger partial charge in [-0.3, -0.25) is 9.78 Å². The lowest BCUT2D eigenvalue weighted by Gasteiger charge is -2.05. The van der Waals surface area contributed by atoms with Gasteiger partial charge < -0.3 is 9.73 Å². The largest absolute Gasteiger partial charge is 0.463 e. The third kappa shape index (κ3) is 3.04. The van der Waals surface area contributed by atoms with E-state index in [1.807, 2.05) is 18.4 Å². The molecule has 0 saturated carbocycles. The molecule has 0 aliphatic rings. The summed E-state index contributed by atoms with van der Waals surface area (Å²) in [5.41, 5.74) is 1.69. The van der Waals surface area contributed by atoms with E-state index in [0.717, 1.165) is 5.69 Å². The van der Waals surface area contributed by atoms with Crippen molar-refractivity contribution >= 4 is 23.1 Å². The lowest BCUT2D eigenvalue weighted by molar-refractivity contribution is 0.102. The number of rotatable bonds is 4. The molecule has 4 rings (SSSR count). The zero-order valence-corrected chi connectivity index (χ0v) is 13.9. The average molecular weight is 352 g/mol. The first-order valence-corrected chi connectivity index (χ1v) is 8.22. The van der Waals surface area contributed by atoms with E-state index in [-0.39, 0.29) is 11.6 Å². The summed E-state index contributed by atoms with van der Waals surface area (Å²) in [4.78, 5) is 24.7. The number of aryl methyl sites for hydroxylation is 1. The van der Waals surface area contributed by atoms with Gasteiger partial charge in [0.2, 0.25) is 5.13 Å². The summed E-state index contributed by atoms with van der Waals surface area (Å²) in [7, 11) is 0. The van der Waals surface area contributed by atoms with Crippen LogP contribution >= 0.6 is 11.3 Å². The van der Waals surface area contributed by atoms with Crippen molar-refractivity contribution in [2.45, 2.75) is 6.92 Å². The summed E-state index contributed by atoms with van der Waals surface area (Å²) >= 11 is 1.40. The van der Waals surface area contributed by atoms with Crippen LogP contribution in [0.15, 0.2) is 52.9 Å². The van der Waals surface area contributed by atoms with Gasteiger partial charge in [-0.15, -0.1) is 11.3 Å². The van der Waals surface area contributed by atoms with Gasteiger partial charge in [0.25, 0.3) is 5.91 Å². The topological polar surface area (TPSA) is 98.7 Å². The Kier molecular flexibility index (Phi) is 3.82. The Morgan fingerprint density at radius 2 is 2.28 bits per heavy atom. The highest BCUT2D eigenvalue weighted by molar-refractivity contribution is 7.12. The predicted octanol–water partition coefficient (Wildman–Crippen LogP) is 2.94. The van der Waals surface area contributed by atoms with E-state index in [9.17, 15) is 4.79 Å². The van der Waals surface area contributed by atoms with Crippen molar-refractivity contribution in [2.24, 2.45) is 0 Å². The van der Waals surface area contributed by atoms with Crippen molar-refractivity contribution in [3.8, 4) is 16.6 Å². The van der Waals surface area contributed by atoms with Crippen molar-refractivity contribution in [2.75, 3.05) is 5.32 Å². The molecule has 1 N–H and O–H groups in total. The summed E-state index contributed by atoms with van der Waals surface area (Å²) in [5, 5.41) is 9.69. The van der Waals surface area contributed by atoms with Crippen LogP contribution in [0.3, 0.4) is 0 Å². The minimum absolute atomic E-state index is 0.225. The highest BCUT2D eigenvalue weighted by Gasteiger charge is 2.16. The zero-order valence-electron chi connectivity index (χ0n) is 13.1. The molecule has 0 aromatic carbocycles. The number of carbonyl (C=O) groups excluding carboxylic acids is 1. The Morgan fingerprint density at radius 1 is 1.36 bits per heavy atom. The first kappa shape index (κ1) is 15.2. The van der Waals surface area contributed by atoms with Gasteiger partial charge in [-0.2, -0.15) is 9.78 Å². The maximum atomic E-state index is 12.3. The van der Waals surface area contributed by atoms with Gasteiger partial charge in [-0.05, 0) is 19.1 Å². The summed E-state index contributed by atoms with van der Waals surface area (Å²) in [6.07, 6.45) is 5.98. The second kappa shape index (κ2) is 6.29. The second-order valence-corrected chi connectivity index (χ2v) is 5.96. The van der Waals surface area contributed by atoms with E-state index in [2.05, 4.69) is 25.4 Å². The molecule has 0 bridgehead atoms. The minimum Gasteiger partial charge on any atom is -0.463 e. The summed E-state index contributed by atoms with van der Waals surface area (Å²) in [6.45, 7) is 1.84. The summed E-state index contributed by atoms with van der Waals surface area (Å²) in [5.74, 6) is 0.821. The van der Waals surface area contributed by atoms with Crippen LogP contribution in [0.5, 0.6) is 0 Å². The Balaban J connectivity index is 1.64. The molecular weight excluding hydrogens is 340 g/mol. The number of carbonyl (C=O) groups is 1. The Morgan fingerprint density at radius 3 is 3.04 bits per heavy atom. The third-order valence-corrected chi connectivity index (χ3v) is 4.13. The van der Waals surface area contributed by atoms with E-state index >= 15 is 0 Å². The highest BCUT2D eigenvalue weighted by Crippen LogP contribution is 2.26. The Bertz CT molecular complexity index is 1010. The number of aromatic nitrogens is 5. The van der Waals surface area contributed by atoms with Gasteiger partial charge in [0, 0.05) is 23.8 Å². The van der Waals surface area contributed by atoms with Gasteiger partial charge in [0.05, 0.1) is 18.2 Å². The Hall–Kier alpha value is -3.33. The molecule has 4 heterocycles. The number of anilines is 1. The van der Waals surface area contributed by atoms with Gasteiger partial charge >= 0.3 is 0 Å². The molecule has 0 unspecified atom stereocenters. The lowest BCUT2D eigenvalue weighted by Crippen LogP contribution is -2.16. The van der Waals surface area contributed by atoms with Crippen LogP contribution in [0, 0.1) is 6.92 Å². The summed E-state index contributed by atoms with van der Waals surface area (Å²) in [6, 6.07) is 5.41. The molecule has 0 spiro atoms. The smallest absolute Gasteiger partial charge is 0.277 e. The molecule has 124 valence electrons. The van der Waals surface area contributed by atoms with Crippen molar-refractivity contribution < 1.29 is 9.21 Å². The molecule has 4 aromatic heterocycles. The quantitative estimate of drug-likeness (QED) is 0.606. The van der Waals surface area contributed by atoms with Crippen molar-refractivity contribution in [1.82, 2.24) is 24.7 Å². The van der Waals surface area contributed by atoms with Crippen molar-refractivity contribution in [1.29, 1.82) is 0 Å². The minimum atomic E-state index is -0.364. The number of thiazole rings is 1. The molecule has 0 radical (unpaired) electrons. The normalized spacial score (nSPS) is 10.8. The first-order valence-electron chi connectivity index (χ1n) is 7.34. The molecule has 1 amide bonds. The van der Waals surface area contributed by atoms with Gasteiger partial charge in [0.1, 0.15) is 17.2 Å². The zero-order chi connectivity index (χ0) is 17.2. The second-order valence-electron chi connectivity index (χ2n) is 5.12. The maximum absolute atomic E-state index is 12.3. The van der Waals surface area contributed by atoms with E-state index < -0.39 is 0 Å². The van der Waals surface area contributed by atoms with Crippen LogP contribution in [0.2, 0.25) is 0 Å². The van der Waals surface area contributed by atoms with Crippen LogP contribution in [0.25, 0.3) is 16.6 Å². The van der Waals surface area contributed by atoms with Crippen LogP contribution in [0.4, 0.5) is 5.82 Å². The lowest BCUT2D eigenvalue weighted by atomic mass is 10.4. The standard InChI is InChI=1S/C16H12N6O2S/c1-10-7-14(20-15(23)11-8-17-4-5-18-11)22(21-10)16-19-12(9-25-16)13-3-2-6-24-13/h2-9H,1H3,(H,20,23). The number of hydrogen-bond acceptors (Lipinski definition) is 7. The molecule has 8 nitrogen and oxygen atoms in total. The van der Waals surface area contributed by atoms with Gasteiger partial charge in [-0.25, -0.2) is 9.97 Å². The SMILES string of the molecule is Cc1cc(NC(=O)c2cnccn2)n(-c2nc(-c3ccco3)cs2)n1. The number of nitrogens with one attached hydrogen (secondary N) is 1. The van der Waals surface area contributed by atoms with E-state index in [0.29, 0.717) is 22.4 Å². The fraction of sp³-hybridized carbons (Fsp3) is 0.0625. The molecule has 9 heteroatoms. The van der Waals surface area contributed by atoms with Crippen molar-refractivity contribution in [3.63, 3.8) is 0 Å². The molecule has 4 aromatic rings. The average Bonchev–Trinajstić information content (AvgIpc) is 3.35. The number of amides is 1. The predicted molar refractivity (Wildman–Crippen MR) is 91.7 cm³/mol. The number of hydrogen-bond donors (Lipinski definition) is 1. The number of nitrogens with zero attached hydrogens (tertiary/aromatic N) is 5. The van der Waals surface area contributed by atoms with Crippen LogP contribution in [0.1, 0.15) is 16.2 Å². The first-order chi connectivity index (χ1) is 12.2. The Labute approximate surface area is 146 Å². The molecular formula is C16H12N6O2S. The molecule has 0 fully saturated rings. The molecule has 0 saturated heterocycles. The molecule has 0 atom stereocenters. The van der Waals surface area contributed by atoms with E-state index in [4.69, 9.17) is 4.42 Å². The monoisotopic (exact) mass is 352 g/mol. The van der Waals surface area contributed by atoms with Crippen LogP contribution < -0.4 is 5.32 Å². The van der Waals surface area contributed by atoms with Crippen LogP contribution in [-0.4, -0.2) is 30.6 Å². The third-order valence-electron chi connectivity index (χ3n) is 3.32. The fourth-order valence-corrected chi connectivity index (χ4v) is 3.01. The van der Waals surface area contributed by atoms with Gasteiger partial charge in [-0.1, -0.05) is 0 Å².